The molecule has 1 aromatic heterocycles. The first-order valence-corrected chi connectivity index (χ1v) is 5.68. The standard InChI is InChI=1S/C13H14N4O2/c1-7-3-5-9(6-4-7)17-8(2)10(12(14)18)11(16-17)13(15)19/h3-6H,1-2H3,(H2,14,18)(H2,15,19). The van der Waals surface area contributed by atoms with E-state index in [9.17, 15) is 9.59 Å². The zero-order valence-corrected chi connectivity index (χ0v) is 10.7. The van der Waals surface area contributed by atoms with E-state index in [1.54, 1.807) is 6.92 Å². The third-order valence-corrected chi connectivity index (χ3v) is 2.87. The maximum atomic E-state index is 11.4. The number of amides is 2. The minimum absolute atomic E-state index is 0.0630. The molecule has 0 fully saturated rings. The van der Waals surface area contributed by atoms with Crippen molar-refractivity contribution in [3.05, 3.63) is 46.8 Å². The molecular formula is C13H14N4O2. The minimum atomic E-state index is -0.775. The topological polar surface area (TPSA) is 104 Å². The van der Waals surface area contributed by atoms with Crippen molar-refractivity contribution >= 4 is 11.8 Å². The molecular weight excluding hydrogens is 244 g/mol. The lowest BCUT2D eigenvalue weighted by molar-refractivity contribution is 0.0964. The number of carbonyl (C=O) groups excluding carboxylic acids is 2. The van der Waals surface area contributed by atoms with Gasteiger partial charge in [-0.05, 0) is 26.0 Å². The van der Waals surface area contributed by atoms with Crippen LogP contribution in [-0.2, 0) is 0 Å². The summed E-state index contributed by atoms with van der Waals surface area (Å²) in [6.07, 6.45) is 0. The molecule has 6 heteroatoms. The Morgan fingerprint density at radius 3 is 2.05 bits per heavy atom. The number of rotatable bonds is 3. The van der Waals surface area contributed by atoms with Crippen LogP contribution in [0.25, 0.3) is 5.69 Å². The first kappa shape index (κ1) is 12.8. The van der Waals surface area contributed by atoms with E-state index in [1.165, 1.54) is 4.68 Å². The van der Waals surface area contributed by atoms with E-state index in [1.807, 2.05) is 31.2 Å². The van der Waals surface area contributed by atoms with Gasteiger partial charge < -0.3 is 11.5 Å². The van der Waals surface area contributed by atoms with Gasteiger partial charge in [0.1, 0.15) is 0 Å². The number of hydrogen-bond donors (Lipinski definition) is 2. The highest BCUT2D eigenvalue weighted by Gasteiger charge is 2.23. The van der Waals surface area contributed by atoms with Crippen LogP contribution >= 0.6 is 0 Å². The van der Waals surface area contributed by atoms with Crippen molar-refractivity contribution in [2.45, 2.75) is 13.8 Å². The predicted molar refractivity (Wildman–Crippen MR) is 70.1 cm³/mol. The summed E-state index contributed by atoms with van der Waals surface area (Å²) in [7, 11) is 0. The normalized spacial score (nSPS) is 10.4. The highest BCUT2D eigenvalue weighted by atomic mass is 16.2. The number of benzene rings is 1. The summed E-state index contributed by atoms with van der Waals surface area (Å²) in [6, 6.07) is 7.49. The van der Waals surface area contributed by atoms with Crippen molar-refractivity contribution in [3.63, 3.8) is 0 Å². The van der Waals surface area contributed by atoms with Crippen LogP contribution in [0.4, 0.5) is 0 Å². The fourth-order valence-corrected chi connectivity index (χ4v) is 1.91. The number of aromatic nitrogens is 2. The van der Waals surface area contributed by atoms with Gasteiger partial charge in [-0.3, -0.25) is 9.59 Å². The van der Waals surface area contributed by atoms with Gasteiger partial charge in [0.05, 0.1) is 16.9 Å². The molecule has 2 aromatic rings. The first-order chi connectivity index (χ1) is 8.91. The Morgan fingerprint density at radius 2 is 1.63 bits per heavy atom. The van der Waals surface area contributed by atoms with Crippen LogP contribution in [0.1, 0.15) is 32.1 Å². The minimum Gasteiger partial charge on any atom is -0.365 e. The van der Waals surface area contributed by atoms with Gasteiger partial charge in [-0.2, -0.15) is 5.10 Å². The maximum absolute atomic E-state index is 11.4. The molecule has 6 nitrogen and oxygen atoms in total. The SMILES string of the molecule is Cc1ccc(-n2nc(C(N)=O)c(C(N)=O)c2C)cc1. The first-order valence-electron chi connectivity index (χ1n) is 5.68. The van der Waals surface area contributed by atoms with Crippen LogP contribution in [0.2, 0.25) is 0 Å². The molecule has 0 unspecified atom stereocenters. The third-order valence-electron chi connectivity index (χ3n) is 2.87. The highest BCUT2D eigenvalue weighted by molar-refractivity contribution is 6.05. The van der Waals surface area contributed by atoms with Gasteiger partial charge in [0, 0.05) is 0 Å². The summed E-state index contributed by atoms with van der Waals surface area (Å²) in [6.45, 7) is 3.63. The van der Waals surface area contributed by atoms with Crippen LogP contribution in [0, 0.1) is 13.8 Å². The fourth-order valence-electron chi connectivity index (χ4n) is 1.91. The molecule has 0 saturated carbocycles. The van der Waals surface area contributed by atoms with E-state index in [-0.39, 0.29) is 11.3 Å². The lowest BCUT2D eigenvalue weighted by atomic mass is 10.1. The van der Waals surface area contributed by atoms with E-state index in [2.05, 4.69) is 5.10 Å². The molecule has 0 radical (unpaired) electrons. The van der Waals surface area contributed by atoms with Crippen LogP contribution in [0.15, 0.2) is 24.3 Å². The van der Waals surface area contributed by atoms with E-state index >= 15 is 0 Å². The zero-order chi connectivity index (χ0) is 14.2. The number of carbonyl (C=O) groups is 2. The van der Waals surface area contributed by atoms with E-state index in [0.717, 1.165) is 11.3 Å². The van der Waals surface area contributed by atoms with E-state index < -0.39 is 11.8 Å². The molecule has 1 aromatic carbocycles. The molecule has 0 spiro atoms. The highest BCUT2D eigenvalue weighted by Crippen LogP contribution is 2.18. The summed E-state index contributed by atoms with van der Waals surface area (Å²) >= 11 is 0. The maximum Gasteiger partial charge on any atom is 0.270 e. The smallest absolute Gasteiger partial charge is 0.270 e. The summed E-state index contributed by atoms with van der Waals surface area (Å²) in [5, 5.41) is 4.07. The van der Waals surface area contributed by atoms with Crippen molar-refractivity contribution in [3.8, 4) is 5.69 Å². The van der Waals surface area contributed by atoms with Gasteiger partial charge in [-0.25, -0.2) is 4.68 Å². The van der Waals surface area contributed by atoms with Crippen LogP contribution in [0.5, 0.6) is 0 Å². The number of nitrogens with zero attached hydrogens (tertiary/aromatic N) is 2. The third kappa shape index (κ3) is 2.20. The summed E-state index contributed by atoms with van der Waals surface area (Å²) in [5.74, 6) is -1.49. The van der Waals surface area contributed by atoms with Crippen molar-refractivity contribution < 1.29 is 9.59 Å². The van der Waals surface area contributed by atoms with Crippen molar-refractivity contribution in [2.75, 3.05) is 0 Å². The Bertz CT molecular complexity index is 656. The summed E-state index contributed by atoms with van der Waals surface area (Å²) in [4.78, 5) is 22.7. The molecule has 19 heavy (non-hydrogen) atoms. The van der Waals surface area contributed by atoms with Crippen molar-refractivity contribution in [2.24, 2.45) is 11.5 Å². The quantitative estimate of drug-likeness (QED) is 0.846. The second-order valence-electron chi connectivity index (χ2n) is 4.28. The summed E-state index contributed by atoms with van der Waals surface area (Å²) < 4.78 is 1.49. The predicted octanol–water partition coefficient (Wildman–Crippen LogP) is 0.687. The van der Waals surface area contributed by atoms with Crippen LogP contribution < -0.4 is 11.5 Å². The average molecular weight is 258 g/mol. The largest absolute Gasteiger partial charge is 0.365 e. The van der Waals surface area contributed by atoms with Crippen molar-refractivity contribution in [1.29, 1.82) is 0 Å². The van der Waals surface area contributed by atoms with Crippen LogP contribution in [0.3, 0.4) is 0 Å². The molecule has 2 amide bonds. The average Bonchev–Trinajstić information content (AvgIpc) is 2.68. The molecule has 2 rings (SSSR count). The Kier molecular flexibility index (Phi) is 3.08. The molecule has 0 atom stereocenters. The molecule has 98 valence electrons. The monoisotopic (exact) mass is 258 g/mol. The summed E-state index contributed by atoms with van der Waals surface area (Å²) in [5.41, 5.74) is 12.8. The second kappa shape index (κ2) is 4.56. The molecule has 0 bridgehead atoms. The van der Waals surface area contributed by atoms with E-state index in [4.69, 9.17) is 11.5 Å². The molecule has 4 N–H and O–H groups in total. The van der Waals surface area contributed by atoms with Gasteiger partial charge in [0.25, 0.3) is 11.8 Å². The number of aryl methyl sites for hydroxylation is 1. The van der Waals surface area contributed by atoms with Gasteiger partial charge in [0.15, 0.2) is 5.69 Å². The fraction of sp³-hybridized carbons (Fsp3) is 0.154. The number of primary amides is 2. The van der Waals surface area contributed by atoms with Crippen molar-refractivity contribution in [1.82, 2.24) is 9.78 Å². The van der Waals surface area contributed by atoms with Gasteiger partial charge in [-0.15, -0.1) is 0 Å². The molecule has 0 aliphatic heterocycles. The van der Waals surface area contributed by atoms with E-state index in [0.29, 0.717) is 5.69 Å². The molecule has 1 heterocycles. The Hall–Kier alpha value is -2.63. The Labute approximate surface area is 110 Å². The number of nitrogens with two attached hydrogens (primary N) is 2. The Balaban J connectivity index is 2.65. The van der Waals surface area contributed by atoms with Gasteiger partial charge in [0.2, 0.25) is 0 Å². The zero-order valence-electron chi connectivity index (χ0n) is 10.7. The number of hydrogen-bond acceptors (Lipinski definition) is 3. The molecule has 0 aliphatic carbocycles. The van der Waals surface area contributed by atoms with Gasteiger partial charge in [-0.1, -0.05) is 17.7 Å². The second-order valence-corrected chi connectivity index (χ2v) is 4.28. The molecule has 0 saturated heterocycles. The molecule has 0 aliphatic rings. The van der Waals surface area contributed by atoms with Crippen LogP contribution in [-0.4, -0.2) is 21.6 Å². The van der Waals surface area contributed by atoms with Gasteiger partial charge >= 0.3 is 0 Å². The Morgan fingerprint density at radius 1 is 1.05 bits per heavy atom. The lowest BCUT2D eigenvalue weighted by Crippen LogP contribution is -2.20. The lowest BCUT2D eigenvalue weighted by Gasteiger charge is -2.04.